The summed E-state index contributed by atoms with van der Waals surface area (Å²) >= 11 is 0. The number of benzene rings is 2. The number of hydrogen-bond donors (Lipinski definition) is 1. The molecule has 0 saturated carbocycles. The maximum Gasteiger partial charge on any atom is 0.416 e. The Balaban J connectivity index is 1.45. The van der Waals surface area contributed by atoms with Crippen molar-refractivity contribution >= 4 is 16.9 Å². The summed E-state index contributed by atoms with van der Waals surface area (Å²) in [6.07, 6.45) is 0.247. The molecule has 0 aliphatic heterocycles. The lowest BCUT2D eigenvalue weighted by Gasteiger charge is -2.23. The van der Waals surface area contributed by atoms with Crippen molar-refractivity contribution in [3.8, 4) is 11.8 Å². The van der Waals surface area contributed by atoms with Crippen LogP contribution >= 0.6 is 0 Å². The molecule has 1 amide bonds. The number of alkyl halides is 3. The summed E-state index contributed by atoms with van der Waals surface area (Å²) in [4.78, 5) is 44.4. The van der Waals surface area contributed by atoms with Crippen LogP contribution in [0.15, 0.2) is 84.0 Å². The Kier molecular flexibility index (Phi) is 7.60. The Labute approximate surface area is 231 Å². The number of H-pyrrole nitrogens is 1. The van der Waals surface area contributed by atoms with Gasteiger partial charge in [-0.1, -0.05) is 12.1 Å². The quantitative estimate of drug-likeness (QED) is 0.305. The molecular weight excluding hydrogens is 535 g/mol. The van der Waals surface area contributed by atoms with Crippen LogP contribution in [0.1, 0.15) is 28.3 Å². The fourth-order valence-corrected chi connectivity index (χ4v) is 4.37. The summed E-state index contributed by atoms with van der Waals surface area (Å²) in [5.74, 6) is 0.522. The first-order valence-electron chi connectivity index (χ1n) is 12.5. The number of pyridine rings is 1. The van der Waals surface area contributed by atoms with Crippen molar-refractivity contribution in [2.75, 3.05) is 6.54 Å². The van der Waals surface area contributed by atoms with Gasteiger partial charge in [0.05, 0.1) is 41.2 Å². The minimum Gasteiger partial charge on any atom is -0.347 e. The van der Waals surface area contributed by atoms with Crippen molar-refractivity contribution < 1.29 is 18.0 Å². The van der Waals surface area contributed by atoms with Gasteiger partial charge in [0.1, 0.15) is 11.6 Å². The second-order valence-electron chi connectivity index (χ2n) is 9.17. The minimum atomic E-state index is -4.47. The van der Waals surface area contributed by atoms with E-state index in [-0.39, 0.29) is 43.0 Å². The van der Waals surface area contributed by atoms with E-state index in [0.29, 0.717) is 33.8 Å². The van der Waals surface area contributed by atoms with Gasteiger partial charge in [0.25, 0.3) is 5.56 Å². The predicted molar refractivity (Wildman–Crippen MR) is 143 cm³/mol. The zero-order chi connectivity index (χ0) is 29.0. The molecule has 0 radical (unpaired) electrons. The number of fused-ring (bicyclic) bond motifs is 1. The van der Waals surface area contributed by atoms with Crippen LogP contribution in [0.4, 0.5) is 13.2 Å². The molecular formula is C29H22F3N7O2. The number of rotatable bonds is 8. The van der Waals surface area contributed by atoms with E-state index in [1.165, 1.54) is 27.8 Å². The van der Waals surface area contributed by atoms with E-state index in [1.807, 2.05) is 6.07 Å². The Morgan fingerprint density at radius 1 is 1.02 bits per heavy atom. The highest BCUT2D eigenvalue weighted by atomic mass is 19.4. The molecule has 206 valence electrons. The molecule has 0 bridgehead atoms. The Hall–Kier alpha value is -5.31. The summed E-state index contributed by atoms with van der Waals surface area (Å²) < 4.78 is 40.3. The van der Waals surface area contributed by atoms with Crippen LogP contribution in [0.3, 0.4) is 0 Å². The normalized spacial score (nSPS) is 11.4. The van der Waals surface area contributed by atoms with Gasteiger partial charge in [-0.2, -0.15) is 18.4 Å². The van der Waals surface area contributed by atoms with E-state index in [1.54, 1.807) is 48.8 Å². The van der Waals surface area contributed by atoms with Crippen LogP contribution in [0, 0.1) is 11.3 Å². The van der Waals surface area contributed by atoms with Crippen LogP contribution < -0.4 is 5.56 Å². The van der Waals surface area contributed by atoms with Gasteiger partial charge >= 0.3 is 6.18 Å². The van der Waals surface area contributed by atoms with Crippen molar-refractivity contribution in [3.05, 3.63) is 118 Å². The highest BCUT2D eigenvalue weighted by Gasteiger charge is 2.30. The van der Waals surface area contributed by atoms with Gasteiger partial charge in [0, 0.05) is 31.6 Å². The summed E-state index contributed by atoms with van der Waals surface area (Å²) in [7, 11) is 0. The smallest absolute Gasteiger partial charge is 0.347 e. The van der Waals surface area contributed by atoms with Crippen LogP contribution in [0.5, 0.6) is 0 Å². The van der Waals surface area contributed by atoms with E-state index in [2.05, 4.69) is 19.9 Å². The number of carbonyl (C=O) groups is 1. The van der Waals surface area contributed by atoms with E-state index < -0.39 is 11.7 Å². The van der Waals surface area contributed by atoms with Crippen molar-refractivity contribution in [2.24, 2.45) is 0 Å². The van der Waals surface area contributed by atoms with E-state index in [4.69, 9.17) is 0 Å². The van der Waals surface area contributed by atoms with Crippen LogP contribution in [0.25, 0.3) is 16.7 Å². The molecule has 1 N–H and O–H groups in total. The predicted octanol–water partition coefficient (Wildman–Crippen LogP) is 4.21. The molecule has 0 atom stereocenters. The lowest BCUT2D eigenvalue weighted by molar-refractivity contribution is -0.137. The summed E-state index contributed by atoms with van der Waals surface area (Å²) in [6, 6.07) is 16.2. The molecule has 3 heterocycles. The fourth-order valence-electron chi connectivity index (χ4n) is 4.37. The number of nitrogens with zero attached hydrogens (tertiary/aromatic N) is 6. The standard InChI is InChI=1S/C29H22F3N7O2/c30-29(31,32)21-7-3-19(4-8-21)16-26(40)38(18-24-34-13-14-35-24)15-11-25-37-27-23(2-1-12-36-27)28(41)39(25)22-9-5-20(17-33)6-10-22/h1-10,12-14H,11,15-16,18H2,(H,34,35). The van der Waals surface area contributed by atoms with Gasteiger partial charge in [0.2, 0.25) is 5.91 Å². The monoisotopic (exact) mass is 557 g/mol. The first-order chi connectivity index (χ1) is 19.7. The largest absolute Gasteiger partial charge is 0.416 e. The molecule has 0 spiro atoms. The van der Waals surface area contributed by atoms with Gasteiger partial charge in [-0.25, -0.2) is 15.0 Å². The van der Waals surface area contributed by atoms with Crippen LogP contribution in [-0.4, -0.2) is 41.9 Å². The van der Waals surface area contributed by atoms with Crippen molar-refractivity contribution in [1.29, 1.82) is 5.26 Å². The van der Waals surface area contributed by atoms with Gasteiger partial charge in [-0.15, -0.1) is 0 Å². The van der Waals surface area contributed by atoms with E-state index in [9.17, 15) is 28.0 Å². The highest BCUT2D eigenvalue weighted by molar-refractivity contribution is 5.79. The molecule has 0 aliphatic rings. The lowest BCUT2D eigenvalue weighted by Crippen LogP contribution is -2.35. The number of aromatic amines is 1. The third-order valence-corrected chi connectivity index (χ3v) is 6.46. The molecule has 0 saturated heterocycles. The number of carbonyl (C=O) groups excluding carboxylic acids is 1. The fraction of sp³-hybridized carbons (Fsp3) is 0.172. The zero-order valence-electron chi connectivity index (χ0n) is 21.5. The molecule has 41 heavy (non-hydrogen) atoms. The minimum absolute atomic E-state index is 0.111. The number of nitrogens with one attached hydrogen (secondary N) is 1. The van der Waals surface area contributed by atoms with Gasteiger partial charge in [-0.05, 0) is 54.1 Å². The Morgan fingerprint density at radius 2 is 1.78 bits per heavy atom. The number of amides is 1. The highest BCUT2D eigenvalue weighted by Crippen LogP contribution is 2.29. The molecule has 12 heteroatoms. The number of halogens is 3. The summed E-state index contributed by atoms with van der Waals surface area (Å²) in [5, 5.41) is 9.48. The zero-order valence-corrected chi connectivity index (χ0v) is 21.5. The first-order valence-corrected chi connectivity index (χ1v) is 12.5. The molecule has 9 nitrogen and oxygen atoms in total. The molecule has 3 aromatic heterocycles. The third-order valence-electron chi connectivity index (χ3n) is 6.46. The van der Waals surface area contributed by atoms with E-state index in [0.717, 1.165) is 12.1 Å². The second kappa shape index (κ2) is 11.4. The van der Waals surface area contributed by atoms with Crippen molar-refractivity contribution in [1.82, 2.24) is 29.4 Å². The first kappa shape index (κ1) is 27.3. The molecule has 5 rings (SSSR count). The number of imidazole rings is 1. The Morgan fingerprint density at radius 3 is 2.44 bits per heavy atom. The summed E-state index contributed by atoms with van der Waals surface area (Å²) in [6.45, 7) is 0.237. The number of aromatic nitrogens is 5. The van der Waals surface area contributed by atoms with Crippen LogP contribution in [-0.2, 0) is 30.4 Å². The lowest BCUT2D eigenvalue weighted by atomic mass is 10.1. The van der Waals surface area contributed by atoms with Crippen molar-refractivity contribution in [2.45, 2.75) is 25.6 Å². The molecule has 5 aromatic rings. The third kappa shape index (κ3) is 6.14. The average Bonchev–Trinajstić information content (AvgIpc) is 3.48. The summed E-state index contributed by atoms with van der Waals surface area (Å²) in [5.41, 5.74) is 0.462. The van der Waals surface area contributed by atoms with Gasteiger partial charge in [0.15, 0.2) is 5.65 Å². The maximum absolute atomic E-state index is 13.5. The number of hydrogen-bond acceptors (Lipinski definition) is 6. The molecule has 0 fully saturated rings. The number of nitriles is 1. The van der Waals surface area contributed by atoms with E-state index >= 15 is 0 Å². The molecule has 0 unspecified atom stereocenters. The SMILES string of the molecule is N#Cc1ccc(-n2c(CCN(Cc3ncc[nH]3)C(=O)Cc3ccc(C(F)(F)F)cc3)nc3ncccc3c2=O)cc1. The topological polar surface area (TPSA) is 121 Å². The van der Waals surface area contributed by atoms with Crippen LogP contribution in [0.2, 0.25) is 0 Å². The van der Waals surface area contributed by atoms with Crippen molar-refractivity contribution in [3.63, 3.8) is 0 Å². The molecule has 0 aliphatic carbocycles. The molecule has 2 aromatic carbocycles. The maximum atomic E-state index is 13.5. The van der Waals surface area contributed by atoms with Gasteiger partial charge < -0.3 is 9.88 Å². The Bertz CT molecular complexity index is 1770. The van der Waals surface area contributed by atoms with Gasteiger partial charge in [-0.3, -0.25) is 14.2 Å². The second-order valence-corrected chi connectivity index (χ2v) is 9.17. The average molecular weight is 558 g/mol.